The zero-order chi connectivity index (χ0) is 25.8. The Balaban J connectivity index is 1.32. The number of benzene rings is 3. The summed E-state index contributed by atoms with van der Waals surface area (Å²) in [4.78, 5) is 33.3. The summed E-state index contributed by atoms with van der Waals surface area (Å²) in [6, 6.07) is 20.9. The van der Waals surface area contributed by atoms with Gasteiger partial charge in [0.2, 0.25) is 5.91 Å². The van der Waals surface area contributed by atoms with Crippen LogP contribution in [0.15, 0.2) is 79.0 Å². The van der Waals surface area contributed by atoms with Gasteiger partial charge in [-0.1, -0.05) is 48.0 Å². The molecule has 2 N–H and O–H groups in total. The molecule has 5 rings (SSSR count). The molecule has 0 saturated heterocycles. The lowest BCUT2D eigenvalue weighted by Gasteiger charge is -2.28. The van der Waals surface area contributed by atoms with Crippen molar-refractivity contribution in [3.05, 3.63) is 101 Å². The van der Waals surface area contributed by atoms with Crippen molar-refractivity contribution in [2.45, 2.75) is 31.8 Å². The van der Waals surface area contributed by atoms with Crippen molar-refractivity contribution in [3.63, 3.8) is 0 Å². The number of fused-ring (bicyclic) bond motifs is 1. The van der Waals surface area contributed by atoms with Gasteiger partial charge in [-0.05, 0) is 66.8 Å². The van der Waals surface area contributed by atoms with Gasteiger partial charge in [-0.25, -0.2) is 9.18 Å². The molecular formula is C29H28ClFN4O2. The molecule has 190 valence electrons. The molecular weight excluding hydrogens is 491 g/mol. The van der Waals surface area contributed by atoms with Crippen LogP contribution in [0.2, 0.25) is 5.02 Å². The van der Waals surface area contributed by atoms with Crippen molar-refractivity contribution in [2.75, 3.05) is 18.4 Å². The number of hydrogen-bond acceptors (Lipinski definition) is 2. The Morgan fingerprint density at radius 2 is 1.81 bits per heavy atom. The molecule has 3 amide bonds. The second-order valence-electron chi connectivity index (χ2n) is 9.35. The van der Waals surface area contributed by atoms with Gasteiger partial charge in [0.25, 0.3) is 0 Å². The minimum Gasteiger partial charge on any atom is -0.361 e. The lowest BCUT2D eigenvalue weighted by Crippen LogP contribution is -2.45. The quantitative estimate of drug-likeness (QED) is 0.276. The molecule has 1 fully saturated rings. The molecule has 1 aliphatic rings. The maximum absolute atomic E-state index is 13.6. The molecule has 1 aliphatic carbocycles. The Bertz CT molecular complexity index is 1400. The van der Waals surface area contributed by atoms with Crippen molar-refractivity contribution in [2.24, 2.45) is 0 Å². The molecule has 0 atom stereocenters. The highest BCUT2D eigenvalue weighted by Gasteiger charge is 2.35. The Morgan fingerprint density at radius 1 is 1.03 bits per heavy atom. The maximum Gasteiger partial charge on any atom is 0.322 e. The Labute approximate surface area is 220 Å². The molecule has 1 heterocycles. The van der Waals surface area contributed by atoms with E-state index in [-0.39, 0.29) is 30.3 Å². The van der Waals surface area contributed by atoms with Crippen LogP contribution in [0, 0.1) is 5.82 Å². The van der Waals surface area contributed by atoms with Crippen LogP contribution in [0.5, 0.6) is 0 Å². The Hall–Kier alpha value is -3.84. The molecule has 0 bridgehead atoms. The number of aromatic amines is 1. The van der Waals surface area contributed by atoms with E-state index in [1.807, 2.05) is 24.4 Å². The number of urea groups is 1. The van der Waals surface area contributed by atoms with Gasteiger partial charge in [0, 0.05) is 46.9 Å². The summed E-state index contributed by atoms with van der Waals surface area (Å²) < 4.78 is 13.5. The number of carbonyl (C=O) groups excluding carboxylic acids is 2. The third kappa shape index (κ3) is 6.30. The minimum absolute atomic E-state index is 0.0319. The summed E-state index contributed by atoms with van der Waals surface area (Å²) in [7, 11) is 0. The molecule has 1 saturated carbocycles. The summed E-state index contributed by atoms with van der Waals surface area (Å²) in [5.74, 6) is -0.477. The highest BCUT2D eigenvalue weighted by Crippen LogP contribution is 2.28. The van der Waals surface area contributed by atoms with Crippen LogP contribution < -0.4 is 5.32 Å². The normalized spacial score (nSPS) is 12.9. The van der Waals surface area contributed by atoms with Crippen LogP contribution in [0.1, 0.15) is 24.0 Å². The van der Waals surface area contributed by atoms with Crippen LogP contribution >= 0.6 is 11.6 Å². The molecule has 4 aromatic rings. The van der Waals surface area contributed by atoms with E-state index in [1.165, 1.54) is 12.1 Å². The molecule has 8 heteroatoms. The average molecular weight is 519 g/mol. The monoisotopic (exact) mass is 518 g/mol. The van der Waals surface area contributed by atoms with Gasteiger partial charge in [-0.3, -0.25) is 4.79 Å². The largest absolute Gasteiger partial charge is 0.361 e. The number of anilines is 1. The fourth-order valence-corrected chi connectivity index (χ4v) is 4.65. The minimum atomic E-state index is -0.323. The zero-order valence-corrected chi connectivity index (χ0v) is 21.0. The van der Waals surface area contributed by atoms with E-state index < -0.39 is 0 Å². The molecule has 37 heavy (non-hydrogen) atoms. The second-order valence-corrected chi connectivity index (χ2v) is 9.79. The third-order valence-electron chi connectivity index (χ3n) is 6.60. The number of H-pyrrole nitrogens is 1. The van der Waals surface area contributed by atoms with Gasteiger partial charge < -0.3 is 20.1 Å². The first-order valence-electron chi connectivity index (χ1n) is 12.4. The number of amides is 3. The van der Waals surface area contributed by atoms with E-state index in [1.54, 1.807) is 46.2 Å². The number of para-hydroxylation sites is 1. The van der Waals surface area contributed by atoms with E-state index in [4.69, 9.17) is 11.6 Å². The fraction of sp³-hybridized carbons (Fsp3) is 0.241. The van der Waals surface area contributed by atoms with Gasteiger partial charge in [-0.2, -0.15) is 0 Å². The lowest BCUT2D eigenvalue weighted by molar-refractivity contribution is -0.132. The number of rotatable bonds is 9. The van der Waals surface area contributed by atoms with Crippen LogP contribution in [0.25, 0.3) is 10.9 Å². The Morgan fingerprint density at radius 3 is 2.57 bits per heavy atom. The highest BCUT2D eigenvalue weighted by molar-refractivity contribution is 6.30. The summed E-state index contributed by atoms with van der Waals surface area (Å²) >= 11 is 6.06. The predicted molar refractivity (Wildman–Crippen MR) is 144 cm³/mol. The summed E-state index contributed by atoms with van der Waals surface area (Å²) in [5, 5.41) is 4.51. The summed E-state index contributed by atoms with van der Waals surface area (Å²) in [6.07, 6.45) is 4.35. The fourth-order valence-electron chi connectivity index (χ4n) is 4.46. The molecule has 0 radical (unpaired) electrons. The summed E-state index contributed by atoms with van der Waals surface area (Å²) in [6.45, 7) is 0.758. The average Bonchev–Trinajstić information content (AvgIpc) is 3.65. The van der Waals surface area contributed by atoms with Crippen molar-refractivity contribution < 1.29 is 14.0 Å². The van der Waals surface area contributed by atoms with Crippen LogP contribution in [0.3, 0.4) is 0 Å². The van der Waals surface area contributed by atoms with Crippen molar-refractivity contribution >= 4 is 40.1 Å². The second kappa shape index (κ2) is 11.0. The SMILES string of the molecule is O=C(CN(C(=O)Nc1cccc(Cl)c1)C1CC1)N(CCc1c[nH]c2ccccc12)Cc1ccc(F)cc1. The van der Waals surface area contributed by atoms with Crippen LogP contribution in [-0.4, -0.2) is 45.9 Å². The first-order valence-corrected chi connectivity index (χ1v) is 12.7. The molecule has 6 nitrogen and oxygen atoms in total. The standard InChI is InChI=1S/C29H28ClFN4O2/c30-22-4-3-5-24(16-22)33-29(37)35(25-12-13-25)19-28(36)34(18-20-8-10-23(31)11-9-20)15-14-21-17-32-27-7-2-1-6-26(21)27/h1-11,16-17,25,32H,12-15,18-19H2,(H,33,37). The smallest absolute Gasteiger partial charge is 0.322 e. The maximum atomic E-state index is 13.6. The van der Waals surface area contributed by atoms with Gasteiger partial charge in [0.05, 0.1) is 0 Å². The van der Waals surface area contributed by atoms with Crippen molar-refractivity contribution in [3.8, 4) is 0 Å². The number of hydrogen-bond donors (Lipinski definition) is 2. The van der Waals surface area contributed by atoms with Gasteiger partial charge >= 0.3 is 6.03 Å². The van der Waals surface area contributed by atoms with Gasteiger partial charge in [-0.15, -0.1) is 0 Å². The van der Waals surface area contributed by atoms with Crippen molar-refractivity contribution in [1.29, 1.82) is 0 Å². The number of nitrogens with one attached hydrogen (secondary N) is 2. The van der Waals surface area contributed by atoms with Crippen LogP contribution in [-0.2, 0) is 17.8 Å². The molecule has 1 aromatic heterocycles. The zero-order valence-electron chi connectivity index (χ0n) is 20.3. The van der Waals surface area contributed by atoms with Gasteiger partial charge in [0.15, 0.2) is 0 Å². The molecule has 3 aromatic carbocycles. The Kier molecular flexibility index (Phi) is 7.42. The van der Waals surface area contributed by atoms with Crippen molar-refractivity contribution in [1.82, 2.24) is 14.8 Å². The van der Waals surface area contributed by atoms with E-state index in [2.05, 4.69) is 16.4 Å². The molecule has 0 unspecified atom stereocenters. The first kappa shape index (κ1) is 24.8. The predicted octanol–water partition coefficient (Wildman–Crippen LogP) is 6.23. The lowest BCUT2D eigenvalue weighted by atomic mass is 10.1. The third-order valence-corrected chi connectivity index (χ3v) is 6.83. The van der Waals surface area contributed by atoms with Gasteiger partial charge in [0.1, 0.15) is 12.4 Å². The van der Waals surface area contributed by atoms with E-state index in [0.717, 1.165) is 34.9 Å². The van der Waals surface area contributed by atoms with E-state index in [0.29, 0.717) is 30.2 Å². The number of nitrogens with zero attached hydrogens (tertiary/aromatic N) is 2. The first-order chi connectivity index (χ1) is 18.0. The number of carbonyl (C=O) groups is 2. The van der Waals surface area contributed by atoms with E-state index in [9.17, 15) is 14.0 Å². The van der Waals surface area contributed by atoms with E-state index >= 15 is 0 Å². The highest BCUT2D eigenvalue weighted by atomic mass is 35.5. The summed E-state index contributed by atoms with van der Waals surface area (Å²) in [5.41, 5.74) is 3.57. The number of aromatic nitrogens is 1. The number of halogens is 2. The topological polar surface area (TPSA) is 68.4 Å². The molecule has 0 aliphatic heterocycles. The molecule has 0 spiro atoms. The van der Waals surface area contributed by atoms with Crippen LogP contribution in [0.4, 0.5) is 14.9 Å².